The molecule has 1 heterocycles. The zero-order chi connectivity index (χ0) is 14.7. The lowest BCUT2D eigenvalue weighted by Gasteiger charge is -2.35. The Morgan fingerprint density at radius 2 is 2.10 bits per heavy atom. The predicted octanol–water partition coefficient (Wildman–Crippen LogP) is 1.56. The van der Waals surface area contributed by atoms with Gasteiger partial charge in [-0.25, -0.2) is 0 Å². The molecule has 1 unspecified atom stereocenters. The van der Waals surface area contributed by atoms with Crippen LogP contribution in [0.25, 0.3) is 0 Å². The normalized spacial score (nSPS) is 19.2. The number of amides is 2. The number of para-hydroxylation sites is 1. The second kappa shape index (κ2) is 5.94. The van der Waals surface area contributed by atoms with Gasteiger partial charge in [-0.05, 0) is 38.8 Å². The fourth-order valence-corrected chi connectivity index (χ4v) is 2.41. The van der Waals surface area contributed by atoms with Crippen LogP contribution >= 0.6 is 0 Å². The number of benzene rings is 1. The molecule has 108 valence electrons. The molecule has 1 aromatic carbocycles. The maximum Gasteiger partial charge on any atom is 0.263 e. The molecule has 1 saturated heterocycles. The molecule has 0 bridgehead atoms. The first-order valence-corrected chi connectivity index (χ1v) is 6.86. The molecule has 2 rings (SSSR count). The first-order valence-electron chi connectivity index (χ1n) is 6.86. The lowest BCUT2D eigenvalue weighted by molar-refractivity contribution is -0.144. The Bertz CT molecular complexity index is 514. The van der Waals surface area contributed by atoms with E-state index >= 15 is 0 Å². The fourth-order valence-electron chi connectivity index (χ4n) is 2.41. The quantitative estimate of drug-likeness (QED) is 0.907. The van der Waals surface area contributed by atoms with Crippen molar-refractivity contribution in [3.8, 4) is 5.75 Å². The number of hydrogen-bond acceptors (Lipinski definition) is 3. The van der Waals surface area contributed by atoms with Crippen LogP contribution in [-0.4, -0.2) is 35.4 Å². The van der Waals surface area contributed by atoms with Crippen LogP contribution < -0.4 is 10.5 Å². The lowest BCUT2D eigenvalue weighted by atomic mass is 10.1. The van der Waals surface area contributed by atoms with Gasteiger partial charge >= 0.3 is 0 Å². The number of rotatable bonds is 4. The van der Waals surface area contributed by atoms with Crippen molar-refractivity contribution in [2.24, 2.45) is 5.73 Å². The molecule has 0 aromatic heterocycles. The molecule has 20 heavy (non-hydrogen) atoms. The van der Waals surface area contributed by atoms with Gasteiger partial charge in [0, 0.05) is 12.6 Å². The van der Waals surface area contributed by atoms with Crippen LogP contribution in [0.2, 0.25) is 0 Å². The molecule has 0 spiro atoms. The van der Waals surface area contributed by atoms with E-state index in [1.807, 2.05) is 13.8 Å². The SMILES string of the molecule is CC(C)N1CCCC(Oc2ccccc2C(N)=O)C1=O. The number of nitrogens with zero attached hydrogens (tertiary/aromatic N) is 1. The van der Waals surface area contributed by atoms with Crippen LogP contribution in [0, 0.1) is 0 Å². The van der Waals surface area contributed by atoms with Crippen molar-refractivity contribution < 1.29 is 14.3 Å². The van der Waals surface area contributed by atoms with E-state index in [9.17, 15) is 9.59 Å². The average molecular weight is 276 g/mol. The number of carbonyl (C=O) groups excluding carboxylic acids is 2. The van der Waals surface area contributed by atoms with Gasteiger partial charge in [-0.2, -0.15) is 0 Å². The standard InChI is InChI=1S/C15H20N2O3/c1-10(2)17-9-5-8-13(15(17)19)20-12-7-4-3-6-11(12)14(16)18/h3-4,6-7,10,13H,5,8-9H2,1-2H3,(H2,16,18). The van der Waals surface area contributed by atoms with Gasteiger partial charge in [0.15, 0.2) is 6.10 Å². The molecule has 5 nitrogen and oxygen atoms in total. The average Bonchev–Trinajstić information content (AvgIpc) is 2.41. The van der Waals surface area contributed by atoms with Crippen LogP contribution in [0.5, 0.6) is 5.75 Å². The third-order valence-corrected chi connectivity index (χ3v) is 3.47. The molecule has 1 aliphatic heterocycles. The van der Waals surface area contributed by atoms with Gasteiger partial charge in [-0.3, -0.25) is 9.59 Å². The smallest absolute Gasteiger partial charge is 0.263 e. The van der Waals surface area contributed by atoms with E-state index in [1.54, 1.807) is 29.2 Å². The van der Waals surface area contributed by atoms with Crippen LogP contribution in [0.15, 0.2) is 24.3 Å². The number of hydrogen-bond donors (Lipinski definition) is 1. The van der Waals surface area contributed by atoms with E-state index in [-0.39, 0.29) is 11.9 Å². The summed E-state index contributed by atoms with van der Waals surface area (Å²) in [6.45, 7) is 4.73. The number of carbonyl (C=O) groups is 2. The van der Waals surface area contributed by atoms with Crippen LogP contribution in [-0.2, 0) is 4.79 Å². The van der Waals surface area contributed by atoms with Crippen molar-refractivity contribution in [1.29, 1.82) is 0 Å². The van der Waals surface area contributed by atoms with E-state index in [2.05, 4.69) is 0 Å². The summed E-state index contributed by atoms with van der Waals surface area (Å²) in [5, 5.41) is 0. The van der Waals surface area contributed by atoms with Gasteiger partial charge in [-0.15, -0.1) is 0 Å². The summed E-state index contributed by atoms with van der Waals surface area (Å²) < 4.78 is 5.75. The zero-order valence-corrected chi connectivity index (χ0v) is 11.8. The summed E-state index contributed by atoms with van der Waals surface area (Å²) in [5.41, 5.74) is 5.62. The maximum atomic E-state index is 12.3. The summed E-state index contributed by atoms with van der Waals surface area (Å²) in [6, 6.07) is 6.90. The molecule has 0 radical (unpaired) electrons. The third kappa shape index (κ3) is 2.92. The molecule has 0 saturated carbocycles. The van der Waals surface area contributed by atoms with E-state index in [0.717, 1.165) is 13.0 Å². The van der Waals surface area contributed by atoms with E-state index in [1.165, 1.54) is 0 Å². The molecule has 1 aromatic rings. The molecule has 1 aliphatic rings. The first kappa shape index (κ1) is 14.4. The largest absolute Gasteiger partial charge is 0.480 e. The first-order chi connectivity index (χ1) is 9.50. The van der Waals surface area contributed by atoms with Gasteiger partial charge in [0.1, 0.15) is 5.75 Å². The van der Waals surface area contributed by atoms with E-state index in [4.69, 9.17) is 10.5 Å². The highest BCUT2D eigenvalue weighted by Gasteiger charge is 2.32. The van der Waals surface area contributed by atoms with E-state index < -0.39 is 12.0 Å². The minimum absolute atomic E-state index is 0.0227. The zero-order valence-electron chi connectivity index (χ0n) is 11.8. The summed E-state index contributed by atoms with van der Waals surface area (Å²) in [5.74, 6) is -0.195. The number of piperidine rings is 1. The fraction of sp³-hybridized carbons (Fsp3) is 0.467. The van der Waals surface area contributed by atoms with Crippen LogP contribution in [0.1, 0.15) is 37.0 Å². The molecule has 5 heteroatoms. The highest BCUT2D eigenvalue weighted by Crippen LogP contribution is 2.23. The minimum atomic E-state index is -0.551. The van der Waals surface area contributed by atoms with Crippen molar-refractivity contribution in [2.75, 3.05) is 6.54 Å². The molecule has 1 atom stereocenters. The highest BCUT2D eigenvalue weighted by molar-refractivity contribution is 5.95. The monoisotopic (exact) mass is 276 g/mol. The van der Waals surface area contributed by atoms with Crippen LogP contribution in [0.3, 0.4) is 0 Å². The molecule has 2 amide bonds. The Hall–Kier alpha value is -2.04. The maximum absolute atomic E-state index is 12.3. The van der Waals surface area contributed by atoms with Gasteiger partial charge < -0.3 is 15.4 Å². The number of primary amides is 1. The number of likely N-dealkylation sites (tertiary alicyclic amines) is 1. The Morgan fingerprint density at radius 3 is 2.75 bits per heavy atom. The Morgan fingerprint density at radius 1 is 1.40 bits per heavy atom. The second-order valence-corrected chi connectivity index (χ2v) is 5.23. The van der Waals surface area contributed by atoms with Gasteiger partial charge in [0.25, 0.3) is 11.8 Å². The summed E-state index contributed by atoms with van der Waals surface area (Å²) in [4.78, 5) is 25.5. The molecular formula is C15H20N2O3. The van der Waals surface area contributed by atoms with Crippen molar-refractivity contribution >= 4 is 11.8 Å². The lowest BCUT2D eigenvalue weighted by Crippen LogP contribution is -2.49. The van der Waals surface area contributed by atoms with Crippen molar-refractivity contribution in [2.45, 2.75) is 38.8 Å². The predicted molar refractivity (Wildman–Crippen MR) is 75.5 cm³/mol. The third-order valence-electron chi connectivity index (χ3n) is 3.47. The Kier molecular flexibility index (Phi) is 4.27. The minimum Gasteiger partial charge on any atom is -0.480 e. The van der Waals surface area contributed by atoms with Crippen molar-refractivity contribution in [1.82, 2.24) is 4.90 Å². The van der Waals surface area contributed by atoms with Crippen molar-refractivity contribution in [3.05, 3.63) is 29.8 Å². The number of ether oxygens (including phenoxy) is 1. The van der Waals surface area contributed by atoms with E-state index in [0.29, 0.717) is 17.7 Å². The number of nitrogens with two attached hydrogens (primary N) is 1. The van der Waals surface area contributed by atoms with Gasteiger partial charge in [-0.1, -0.05) is 12.1 Å². The summed E-state index contributed by atoms with van der Waals surface area (Å²) in [7, 11) is 0. The molecule has 2 N–H and O–H groups in total. The summed E-state index contributed by atoms with van der Waals surface area (Å²) >= 11 is 0. The van der Waals surface area contributed by atoms with Gasteiger partial charge in [0.05, 0.1) is 5.56 Å². The molecular weight excluding hydrogens is 256 g/mol. The molecule has 1 fully saturated rings. The highest BCUT2D eigenvalue weighted by atomic mass is 16.5. The Balaban J connectivity index is 2.17. The summed E-state index contributed by atoms with van der Waals surface area (Å²) in [6.07, 6.45) is 1.02. The van der Waals surface area contributed by atoms with Crippen LogP contribution in [0.4, 0.5) is 0 Å². The Labute approximate surface area is 118 Å². The molecule has 0 aliphatic carbocycles. The van der Waals surface area contributed by atoms with Gasteiger partial charge in [0.2, 0.25) is 0 Å². The second-order valence-electron chi connectivity index (χ2n) is 5.23. The van der Waals surface area contributed by atoms with Crippen molar-refractivity contribution in [3.63, 3.8) is 0 Å². The topological polar surface area (TPSA) is 72.6 Å².